The van der Waals surface area contributed by atoms with Crippen LogP contribution < -0.4 is 5.73 Å². The predicted molar refractivity (Wildman–Crippen MR) is 81.3 cm³/mol. The van der Waals surface area contributed by atoms with Crippen LogP contribution in [0.3, 0.4) is 0 Å². The van der Waals surface area contributed by atoms with Crippen molar-refractivity contribution in [2.45, 2.75) is 57.5 Å². The van der Waals surface area contributed by atoms with Crippen molar-refractivity contribution in [2.75, 3.05) is 39.8 Å². The summed E-state index contributed by atoms with van der Waals surface area (Å²) in [6, 6.07) is 0.703. The van der Waals surface area contributed by atoms with Crippen LogP contribution in [0.2, 0.25) is 0 Å². The van der Waals surface area contributed by atoms with Gasteiger partial charge < -0.3 is 15.7 Å². The van der Waals surface area contributed by atoms with Crippen LogP contribution in [0.1, 0.15) is 46.0 Å². The molecule has 1 rings (SSSR count). The van der Waals surface area contributed by atoms with Crippen molar-refractivity contribution in [1.29, 1.82) is 0 Å². The van der Waals surface area contributed by atoms with Crippen molar-refractivity contribution in [3.63, 3.8) is 0 Å². The molecule has 0 aromatic rings. The zero-order chi connectivity index (χ0) is 14.3. The summed E-state index contributed by atoms with van der Waals surface area (Å²) >= 11 is 0. The molecule has 1 aliphatic heterocycles. The zero-order valence-electron chi connectivity index (χ0n) is 13.1. The van der Waals surface area contributed by atoms with Gasteiger partial charge in [0.15, 0.2) is 0 Å². The summed E-state index contributed by atoms with van der Waals surface area (Å²) in [5.74, 6) is 0. The molecule has 114 valence electrons. The van der Waals surface area contributed by atoms with Gasteiger partial charge in [0.1, 0.15) is 0 Å². The van der Waals surface area contributed by atoms with E-state index in [2.05, 4.69) is 23.8 Å². The van der Waals surface area contributed by atoms with Gasteiger partial charge in [-0.15, -0.1) is 0 Å². The summed E-state index contributed by atoms with van der Waals surface area (Å²) in [6.07, 6.45) is 5.71. The smallest absolute Gasteiger partial charge is 0.0608 e. The maximum absolute atomic E-state index is 9.15. The molecule has 0 aromatic carbocycles. The highest BCUT2D eigenvalue weighted by molar-refractivity contribution is 4.79. The Balaban J connectivity index is 2.30. The zero-order valence-corrected chi connectivity index (χ0v) is 13.1. The fourth-order valence-electron chi connectivity index (χ4n) is 2.90. The Morgan fingerprint density at radius 3 is 2.68 bits per heavy atom. The van der Waals surface area contributed by atoms with E-state index in [4.69, 9.17) is 10.8 Å². The first-order valence-electron chi connectivity index (χ1n) is 7.81. The molecule has 1 aliphatic rings. The molecular formula is C15H33N3O. The van der Waals surface area contributed by atoms with Crippen molar-refractivity contribution in [3.05, 3.63) is 0 Å². The summed E-state index contributed by atoms with van der Waals surface area (Å²) in [5.41, 5.74) is 5.56. The van der Waals surface area contributed by atoms with Crippen LogP contribution in [0.15, 0.2) is 0 Å². The highest BCUT2D eigenvalue weighted by Crippen LogP contribution is 2.15. The maximum Gasteiger partial charge on any atom is 0.0608 e. The first-order valence-corrected chi connectivity index (χ1v) is 7.81. The van der Waals surface area contributed by atoms with Crippen molar-refractivity contribution in [2.24, 2.45) is 5.73 Å². The highest BCUT2D eigenvalue weighted by Gasteiger charge is 2.22. The molecule has 1 fully saturated rings. The normalized spacial score (nSPS) is 26.1. The van der Waals surface area contributed by atoms with E-state index in [0.29, 0.717) is 6.04 Å². The van der Waals surface area contributed by atoms with Crippen molar-refractivity contribution < 1.29 is 5.11 Å². The number of likely N-dealkylation sites (N-methyl/N-ethyl adjacent to an activating group) is 1. The van der Waals surface area contributed by atoms with Crippen molar-refractivity contribution >= 4 is 0 Å². The highest BCUT2D eigenvalue weighted by atomic mass is 16.3. The van der Waals surface area contributed by atoms with Crippen molar-refractivity contribution in [1.82, 2.24) is 9.80 Å². The molecule has 0 radical (unpaired) electrons. The summed E-state index contributed by atoms with van der Waals surface area (Å²) in [5, 5.41) is 9.15. The number of hydrogen-bond donors (Lipinski definition) is 2. The number of unbranched alkanes of at least 4 members (excludes halogenated alkanes) is 1. The molecule has 19 heavy (non-hydrogen) atoms. The number of rotatable bonds is 7. The third-order valence-corrected chi connectivity index (χ3v) is 4.30. The molecule has 0 saturated carbocycles. The average molecular weight is 271 g/mol. The molecule has 4 nitrogen and oxygen atoms in total. The molecule has 0 spiro atoms. The monoisotopic (exact) mass is 271 g/mol. The largest absolute Gasteiger partial charge is 0.394 e. The minimum absolute atomic E-state index is 0.0824. The number of hydrogen-bond acceptors (Lipinski definition) is 4. The number of nitrogens with two attached hydrogens (primary N) is 1. The quantitative estimate of drug-likeness (QED) is 0.685. The number of aliphatic hydroxyl groups is 1. The van der Waals surface area contributed by atoms with E-state index < -0.39 is 5.54 Å². The molecule has 0 aromatic heterocycles. The van der Waals surface area contributed by atoms with Crippen LogP contribution in [-0.4, -0.2) is 66.3 Å². The Labute approximate surface area is 118 Å². The van der Waals surface area contributed by atoms with Gasteiger partial charge in [-0.05, 0) is 59.3 Å². The fraction of sp³-hybridized carbons (Fsp3) is 1.00. The van der Waals surface area contributed by atoms with Gasteiger partial charge in [0, 0.05) is 18.1 Å². The third-order valence-electron chi connectivity index (χ3n) is 4.30. The lowest BCUT2D eigenvalue weighted by Gasteiger charge is -2.30. The van der Waals surface area contributed by atoms with Crippen LogP contribution in [0, 0.1) is 0 Å². The van der Waals surface area contributed by atoms with Crippen LogP contribution in [0.4, 0.5) is 0 Å². The summed E-state index contributed by atoms with van der Waals surface area (Å²) in [7, 11) is 2.23. The molecule has 3 N–H and O–H groups in total. The number of aliphatic hydroxyl groups excluding tert-OH is 1. The minimum atomic E-state index is -0.400. The Kier molecular flexibility index (Phi) is 7.29. The van der Waals surface area contributed by atoms with Crippen molar-refractivity contribution in [3.8, 4) is 0 Å². The molecule has 2 atom stereocenters. The van der Waals surface area contributed by atoms with Crippen LogP contribution >= 0.6 is 0 Å². The third kappa shape index (κ3) is 6.21. The second-order valence-corrected chi connectivity index (χ2v) is 6.48. The van der Waals surface area contributed by atoms with E-state index in [-0.39, 0.29) is 6.61 Å². The van der Waals surface area contributed by atoms with E-state index in [9.17, 15) is 0 Å². The van der Waals surface area contributed by atoms with Gasteiger partial charge in [0.2, 0.25) is 0 Å². The molecule has 4 heteroatoms. The van der Waals surface area contributed by atoms with E-state index in [1.165, 1.54) is 45.4 Å². The Morgan fingerprint density at radius 1 is 1.32 bits per heavy atom. The average Bonchev–Trinajstić information content (AvgIpc) is 2.56. The van der Waals surface area contributed by atoms with Gasteiger partial charge >= 0.3 is 0 Å². The van der Waals surface area contributed by atoms with Crippen LogP contribution in [0.25, 0.3) is 0 Å². The standard InChI is InChI=1S/C15H33N3O/c1-4-14-12-17(3)9-7-11-18(14)10-6-5-8-15(2,16)13-19/h14,19H,4-13,16H2,1-3H3. The topological polar surface area (TPSA) is 52.7 Å². The minimum Gasteiger partial charge on any atom is -0.394 e. The summed E-state index contributed by atoms with van der Waals surface area (Å²) < 4.78 is 0. The van der Waals surface area contributed by atoms with Crippen LogP contribution in [0.5, 0.6) is 0 Å². The second-order valence-electron chi connectivity index (χ2n) is 6.48. The molecule has 2 unspecified atom stereocenters. The van der Waals surface area contributed by atoms with Gasteiger partial charge in [0.05, 0.1) is 6.61 Å². The molecule has 0 aliphatic carbocycles. The molecule has 1 heterocycles. The van der Waals surface area contributed by atoms with E-state index in [0.717, 1.165) is 12.8 Å². The van der Waals surface area contributed by atoms with Gasteiger partial charge in [-0.25, -0.2) is 0 Å². The van der Waals surface area contributed by atoms with E-state index in [1.807, 2.05) is 6.92 Å². The second kappa shape index (κ2) is 8.20. The first-order chi connectivity index (χ1) is 8.98. The summed E-state index contributed by atoms with van der Waals surface area (Å²) in [6.45, 7) is 9.12. The molecule has 0 amide bonds. The Bertz CT molecular complexity index is 246. The Hall–Kier alpha value is -0.160. The lowest BCUT2D eigenvalue weighted by atomic mass is 9.97. The molecular weight excluding hydrogens is 238 g/mol. The van der Waals surface area contributed by atoms with E-state index in [1.54, 1.807) is 0 Å². The van der Waals surface area contributed by atoms with Gasteiger partial charge in [0.25, 0.3) is 0 Å². The first kappa shape index (κ1) is 16.9. The maximum atomic E-state index is 9.15. The van der Waals surface area contributed by atoms with E-state index >= 15 is 0 Å². The van der Waals surface area contributed by atoms with Gasteiger partial charge in [-0.1, -0.05) is 13.3 Å². The van der Waals surface area contributed by atoms with Gasteiger partial charge in [-0.3, -0.25) is 4.90 Å². The predicted octanol–water partition coefficient (Wildman–Crippen LogP) is 1.28. The lowest BCUT2D eigenvalue weighted by molar-refractivity contribution is 0.171. The summed E-state index contributed by atoms with van der Waals surface area (Å²) in [4.78, 5) is 5.10. The van der Waals surface area contributed by atoms with Gasteiger partial charge in [-0.2, -0.15) is 0 Å². The molecule has 0 bridgehead atoms. The lowest BCUT2D eigenvalue weighted by Crippen LogP contribution is -2.41. The fourth-order valence-corrected chi connectivity index (χ4v) is 2.90. The Morgan fingerprint density at radius 2 is 2.05 bits per heavy atom. The van der Waals surface area contributed by atoms with Crippen LogP contribution in [-0.2, 0) is 0 Å². The SMILES string of the molecule is CCC1CN(C)CCCN1CCCCC(C)(N)CO. The molecule has 1 saturated heterocycles. The number of nitrogens with zero attached hydrogens (tertiary/aromatic N) is 2.